The topological polar surface area (TPSA) is 51.0 Å². The van der Waals surface area contributed by atoms with Gasteiger partial charge in [-0.3, -0.25) is 0 Å². The molecule has 1 aliphatic heterocycles. The second-order valence-electron chi connectivity index (χ2n) is 4.39. The van der Waals surface area contributed by atoms with Crippen molar-refractivity contribution < 1.29 is 4.52 Å². The van der Waals surface area contributed by atoms with E-state index in [1.54, 1.807) is 0 Å². The minimum Gasteiger partial charge on any atom is -0.339 e. The van der Waals surface area contributed by atoms with E-state index in [4.69, 9.17) is 4.52 Å². The third kappa shape index (κ3) is 1.66. The SMILES string of the molecule is CC(C)c1noc(C2CNCC2C)n1. The molecule has 0 spiro atoms. The highest BCUT2D eigenvalue weighted by Crippen LogP contribution is 2.26. The van der Waals surface area contributed by atoms with Gasteiger partial charge in [0.2, 0.25) is 5.89 Å². The van der Waals surface area contributed by atoms with Crippen molar-refractivity contribution in [1.29, 1.82) is 0 Å². The monoisotopic (exact) mass is 195 g/mol. The Morgan fingerprint density at radius 2 is 2.21 bits per heavy atom. The van der Waals surface area contributed by atoms with Gasteiger partial charge in [-0.2, -0.15) is 4.98 Å². The number of nitrogens with zero attached hydrogens (tertiary/aromatic N) is 2. The predicted molar refractivity (Wildman–Crippen MR) is 53.2 cm³/mol. The molecule has 1 aromatic heterocycles. The van der Waals surface area contributed by atoms with Crippen LogP contribution in [0.15, 0.2) is 4.52 Å². The first-order valence-electron chi connectivity index (χ1n) is 5.22. The van der Waals surface area contributed by atoms with Crippen molar-refractivity contribution in [3.05, 3.63) is 11.7 Å². The van der Waals surface area contributed by atoms with Crippen LogP contribution >= 0.6 is 0 Å². The van der Waals surface area contributed by atoms with Crippen molar-refractivity contribution >= 4 is 0 Å². The summed E-state index contributed by atoms with van der Waals surface area (Å²) in [4.78, 5) is 4.42. The van der Waals surface area contributed by atoms with Gasteiger partial charge in [0.25, 0.3) is 0 Å². The highest BCUT2D eigenvalue weighted by atomic mass is 16.5. The smallest absolute Gasteiger partial charge is 0.231 e. The maximum atomic E-state index is 5.28. The van der Waals surface area contributed by atoms with E-state index in [2.05, 4.69) is 36.2 Å². The van der Waals surface area contributed by atoms with Gasteiger partial charge >= 0.3 is 0 Å². The van der Waals surface area contributed by atoms with Gasteiger partial charge in [-0.25, -0.2) is 0 Å². The molecule has 0 aromatic carbocycles. The number of hydrogen-bond acceptors (Lipinski definition) is 4. The Balaban J connectivity index is 2.16. The summed E-state index contributed by atoms with van der Waals surface area (Å²) in [6.45, 7) is 8.37. The molecule has 0 amide bonds. The zero-order valence-corrected chi connectivity index (χ0v) is 8.95. The molecule has 0 bridgehead atoms. The Labute approximate surface area is 84.1 Å². The molecule has 4 nitrogen and oxygen atoms in total. The third-order valence-corrected chi connectivity index (χ3v) is 2.81. The lowest BCUT2D eigenvalue weighted by Gasteiger charge is -2.07. The van der Waals surface area contributed by atoms with E-state index in [-0.39, 0.29) is 0 Å². The van der Waals surface area contributed by atoms with Crippen molar-refractivity contribution in [3.8, 4) is 0 Å². The van der Waals surface area contributed by atoms with Crippen LogP contribution in [0.5, 0.6) is 0 Å². The molecule has 14 heavy (non-hydrogen) atoms. The molecule has 0 aliphatic carbocycles. The van der Waals surface area contributed by atoms with Crippen LogP contribution in [-0.4, -0.2) is 23.2 Å². The Bertz CT molecular complexity index is 308. The first kappa shape index (κ1) is 9.65. The van der Waals surface area contributed by atoms with Crippen LogP contribution in [0.1, 0.15) is 44.3 Å². The van der Waals surface area contributed by atoms with Gasteiger partial charge in [0.15, 0.2) is 5.82 Å². The summed E-state index contributed by atoms with van der Waals surface area (Å²) in [6, 6.07) is 0. The molecule has 1 aliphatic rings. The summed E-state index contributed by atoms with van der Waals surface area (Å²) in [5.74, 6) is 2.95. The standard InChI is InChI=1S/C10H17N3O/c1-6(2)9-12-10(14-13-9)8-5-11-4-7(8)3/h6-8,11H,4-5H2,1-3H3. The highest BCUT2D eigenvalue weighted by Gasteiger charge is 2.29. The maximum absolute atomic E-state index is 5.28. The van der Waals surface area contributed by atoms with Gasteiger partial charge in [-0.05, 0) is 12.5 Å². The lowest BCUT2D eigenvalue weighted by Crippen LogP contribution is -2.08. The van der Waals surface area contributed by atoms with E-state index in [1.165, 1.54) is 0 Å². The van der Waals surface area contributed by atoms with Crippen LogP contribution in [0, 0.1) is 5.92 Å². The normalized spacial score (nSPS) is 27.4. The lowest BCUT2D eigenvalue weighted by atomic mass is 9.98. The molecule has 1 saturated heterocycles. The molecule has 1 N–H and O–H groups in total. The van der Waals surface area contributed by atoms with E-state index >= 15 is 0 Å². The molecule has 1 aromatic rings. The van der Waals surface area contributed by atoms with Crippen LogP contribution in [0.3, 0.4) is 0 Å². The van der Waals surface area contributed by atoms with E-state index in [0.29, 0.717) is 17.8 Å². The summed E-state index contributed by atoms with van der Waals surface area (Å²) in [6.07, 6.45) is 0. The average Bonchev–Trinajstić information content (AvgIpc) is 2.71. The Kier molecular flexibility index (Phi) is 2.54. The second-order valence-corrected chi connectivity index (χ2v) is 4.39. The van der Waals surface area contributed by atoms with E-state index in [1.807, 2.05) is 0 Å². The number of aromatic nitrogens is 2. The Morgan fingerprint density at radius 1 is 1.43 bits per heavy atom. The molecule has 4 heteroatoms. The molecule has 2 rings (SSSR count). The van der Waals surface area contributed by atoms with Crippen LogP contribution in [0.2, 0.25) is 0 Å². The minimum atomic E-state index is 0.345. The molecule has 0 radical (unpaired) electrons. The first-order valence-corrected chi connectivity index (χ1v) is 5.22. The van der Waals surface area contributed by atoms with E-state index in [0.717, 1.165) is 24.8 Å². The zero-order chi connectivity index (χ0) is 10.1. The van der Waals surface area contributed by atoms with Gasteiger partial charge in [0.1, 0.15) is 0 Å². The summed E-state index contributed by atoms with van der Waals surface area (Å²) >= 11 is 0. The van der Waals surface area contributed by atoms with Crippen molar-refractivity contribution in [1.82, 2.24) is 15.5 Å². The molecule has 2 atom stereocenters. The molecular weight excluding hydrogens is 178 g/mol. The summed E-state index contributed by atoms with van der Waals surface area (Å²) in [5, 5.41) is 7.31. The quantitative estimate of drug-likeness (QED) is 0.777. The summed E-state index contributed by atoms with van der Waals surface area (Å²) < 4.78 is 5.28. The van der Waals surface area contributed by atoms with Crippen molar-refractivity contribution in [3.63, 3.8) is 0 Å². The molecule has 2 unspecified atom stereocenters. The molecule has 2 heterocycles. The summed E-state index contributed by atoms with van der Waals surface area (Å²) in [5.41, 5.74) is 0. The molecular formula is C10H17N3O. The van der Waals surface area contributed by atoms with E-state index < -0.39 is 0 Å². The fourth-order valence-electron chi connectivity index (χ4n) is 1.77. The van der Waals surface area contributed by atoms with Crippen LogP contribution in [0.4, 0.5) is 0 Å². The third-order valence-electron chi connectivity index (χ3n) is 2.81. The fraction of sp³-hybridized carbons (Fsp3) is 0.800. The van der Waals surface area contributed by atoms with Gasteiger partial charge in [0, 0.05) is 12.5 Å². The average molecular weight is 195 g/mol. The fourth-order valence-corrected chi connectivity index (χ4v) is 1.77. The number of rotatable bonds is 2. The Hall–Kier alpha value is -0.900. The van der Waals surface area contributed by atoms with Crippen LogP contribution < -0.4 is 5.32 Å². The highest BCUT2D eigenvalue weighted by molar-refractivity contribution is 5.02. The number of hydrogen-bond donors (Lipinski definition) is 1. The van der Waals surface area contributed by atoms with Crippen LogP contribution in [0.25, 0.3) is 0 Å². The van der Waals surface area contributed by atoms with Crippen molar-refractivity contribution in [2.45, 2.75) is 32.6 Å². The van der Waals surface area contributed by atoms with Gasteiger partial charge in [0.05, 0.1) is 5.92 Å². The van der Waals surface area contributed by atoms with Gasteiger partial charge in [-0.1, -0.05) is 25.9 Å². The maximum Gasteiger partial charge on any atom is 0.231 e. The zero-order valence-electron chi connectivity index (χ0n) is 8.95. The van der Waals surface area contributed by atoms with E-state index in [9.17, 15) is 0 Å². The Morgan fingerprint density at radius 3 is 2.71 bits per heavy atom. The molecule has 0 saturated carbocycles. The molecule has 78 valence electrons. The second kappa shape index (κ2) is 3.69. The van der Waals surface area contributed by atoms with Crippen molar-refractivity contribution in [2.24, 2.45) is 5.92 Å². The van der Waals surface area contributed by atoms with Gasteiger partial charge < -0.3 is 9.84 Å². The lowest BCUT2D eigenvalue weighted by molar-refractivity contribution is 0.335. The largest absolute Gasteiger partial charge is 0.339 e. The number of nitrogens with one attached hydrogen (secondary N) is 1. The van der Waals surface area contributed by atoms with Gasteiger partial charge in [-0.15, -0.1) is 0 Å². The minimum absolute atomic E-state index is 0.345. The predicted octanol–water partition coefficient (Wildman–Crippen LogP) is 1.52. The molecule has 1 fully saturated rings. The summed E-state index contributed by atoms with van der Waals surface area (Å²) in [7, 11) is 0. The first-order chi connectivity index (χ1) is 6.68. The van der Waals surface area contributed by atoms with Crippen molar-refractivity contribution in [2.75, 3.05) is 13.1 Å². The van der Waals surface area contributed by atoms with Crippen LogP contribution in [-0.2, 0) is 0 Å².